The minimum atomic E-state index is -0.340. The van der Waals surface area contributed by atoms with Gasteiger partial charge in [0.1, 0.15) is 6.54 Å². The molecule has 0 fully saturated rings. The summed E-state index contributed by atoms with van der Waals surface area (Å²) in [6.07, 6.45) is 0.470. The van der Waals surface area contributed by atoms with Gasteiger partial charge in [0.25, 0.3) is 0 Å². The van der Waals surface area contributed by atoms with E-state index in [0.717, 1.165) is 0 Å². The third-order valence-corrected chi connectivity index (χ3v) is 2.13. The summed E-state index contributed by atoms with van der Waals surface area (Å²) in [5, 5.41) is 0. The molecule has 0 N–H and O–H groups in total. The Balaban J connectivity index is 4.38. The summed E-state index contributed by atoms with van der Waals surface area (Å²) in [7, 11) is 0. The molecule has 0 aromatic heterocycles. The molecule has 0 heterocycles. The first-order chi connectivity index (χ1) is 7.38. The zero-order chi connectivity index (χ0) is 12.7. The Morgan fingerprint density at radius 1 is 1.19 bits per heavy atom. The quantitative estimate of drug-likeness (QED) is 0.653. The number of hydrogen-bond acceptors (Lipinski definition) is 3. The van der Waals surface area contributed by atoms with Crippen molar-refractivity contribution in [3.8, 4) is 0 Å². The molecule has 0 aliphatic carbocycles. The molecule has 16 heavy (non-hydrogen) atoms. The second-order valence-electron chi connectivity index (χ2n) is 4.52. The van der Waals surface area contributed by atoms with Gasteiger partial charge < -0.3 is 9.64 Å². The molecule has 0 unspecified atom stereocenters. The number of carbonyl (C=O) groups excluding carboxylic acids is 2. The normalized spacial score (nSPS) is 10.7. The van der Waals surface area contributed by atoms with Gasteiger partial charge in [-0.25, -0.2) is 0 Å². The van der Waals surface area contributed by atoms with Gasteiger partial charge in [-0.3, -0.25) is 9.59 Å². The van der Waals surface area contributed by atoms with Crippen LogP contribution in [0.1, 0.15) is 41.0 Å². The molecule has 4 nitrogen and oxygen atoms in total. The van der Waals surface area contributed by atoms with Crippen molar-refractivity contribution < 1.29 is 14.3 Å². The summed E-state index contributed by atoms with van der Waals surface area (Å²) < 4.78 is 4.84. The SMILES string of the molecule is CCOC(=O)CN(C(=O)CC(C)C)C(C)C. The predicted octanol–water partition coefficient (Wildman–Crippen LogP) is 1.83. The number of hydrogen-bond donors (Lipinski definition) is 0. The van der Waals surface area contributed by atoms with Gasteiger partial charge in [0, 0.05) is 12.5 Å². The monoisotopic (exact) mass is 229 g/mol. The molecule has 0 aliphatic rings. The van der Waals surface area contributed by atoms with Crippen LogP contribution in [-0.4, -0.2) is 36.0 Å². The van der Waals surface area contributed by atoms with Crippen molar-refractivity contribution in [1.82, 2.24) is 4.90 Å². The van der Waals surface area contributed by atoms with Crippen LogP contribution >= 0.6 is 0 Å². The van der Waals surface area contributed by atoms with E-state index in [4.69, 9.17) is 4.74 Å². The van der Waals surface area contributed by atoms with E-state index in [1.807, 2.05) is 27.7 Å². The average Bonchev–Trinajstić information content (AvgIpc) is 2.12. The second-order valence-corrected chi connectivity index (χ2v) is 4.52. The molecule has 0 spiro atoms. The standard InChI is InChI=1S/C12H23NO3/c1-6-16-12(15)8-13(10(4)5)11(14)7-9(2)3/h9-10H,6-8H2,1-5H3. The Kier molecular flexibility index (Phi) is 6.77. The fourth-order valence-electron chi connectivity index (χ4n) is 1.37. The van der Waals surface area contributed by atoms with Crippen molar-refractivity contribution in [2.75, 3.05) is 13.2 Å². The Bertz CT molecular complexity index is 236. The molecule has 0 radical (unpaired) electrons. The smallest absolute Gasteiger partial charge is 0.325 e. The number of esters is 1. The van der Waals surface area contributed by atoms with Crippen molar-refractivity contribution in [2.45, 2.75) is 47.1 Å². The van der Waals surface area contributed by atoms with E-state index < -0.39 is 0 Å². The molecule has 0 saturated heterocycles. The zero-order valence-electron chi connectivity index (χ0n) is 10.9. The van der Waals surface area contributed by atoms with Crippen LogP contribution in [0.25, 0.3) is 0 Å². The van der Waals surface area contributed by atoms with Gasteiger partial charge in [0.05, 0.1) is 6.61 Å². The van der Waals surface area contributed by atoms with Crippen LogP contribution in [0.15, 0.2) is 0 Å². The van der Waals surface area contributed by atoms with Crippen LogP contribution in [0.2, 0.25) is 0 Å². The Labute approximate surface area is 98.0 Å². The number of nitrogens with zero attached hydrogens (tertiary/aromatic N) is 1. The maximum atomic E-state index is 11.9. The highest BCUT2D eigenvalue weighted by Gasteiger charge is 2.21. The fraction of sp³-hybridized carbons (Fsp3) is 0.833. The van der Waals surface area contributed by atoms with E-state index in [2.05, 4.69) is 0 Å². The maximum absolute atomic E-state index is 11.9. The van der Waals surface area contributed by atoms with Crippen molar-refractivity contribution in [3.05, 3.63) is 0 Å². The van der Waals surface area contributed by atoms with Crippen LogP contribution < -0.4 is 0 Å². The molecule has 1 amide bonds. The lowest BCUT2D eigenvalue weighted by atomic mass is 10.1. The molecule has 0 rings (SSSR count). The minimum absolute atomic E-state index is 0.0121. The average molecular weight is 229 g/mol. The highest BCUT2D eigenvalue weighted by atomic mass is 16.5. The van der Waals surface area contributed by atoms with E-state index in [9.17, 15) is 9.59 Å². The molecule has 0 bridgehead atoms. The highest BCUT2D eigenvalue weighted by Crippen LogP contribution is 2.07. The molecule has 94 valence electrons. The van der Waals surface area contributed by atoms with Crippen molar-refractivity contribution in [1.29, 1.82) is 0 Å². The lowest BCUT2D eigenvalue weighted by molar-refractivity contribution is -0.150. The summed E-state index contributed by atoms with van der Waals surface area (Å²) in [6, 6.07) is 0.0238. The molecule has 0 aromatic carbocycles. The first kappa shape index (κ1) is 14.9. The molecule has 0 atom stereocenters. The van der Waals surface area contributed by atoms with E-state index in [0.29, 0.717) is 18.9 Å². The molecular weight excluding hydrogens is 206 g/mol. The maximum Gasteiger partial charge on any atom is 0.325 e. The Hall–Kier alpha value is -1.06. The van der Waals surface area contributed by atoms with Gasteiger partial charge in [-0.2, -0.15) is 0 Å². The number of carbonyl (C=O) groups is 2. The van der Waals surface area contributed by atoms with Crippen LogP contribution in [0.3, 0.4) is 0 Å². The number of ether oxygens (including phenoxy) is 1. The van der Waals surface area contributed by atoms with Gasteiger partial charge in [-0.05, 0) is 26.7 Å². The molecule has 4 heteroatoms. The second kappa shape index (κ2) is 7.25. The first-order valence-corrected chi connectivity index (χ1v) is 5.83. The van der Waals surface area contributed by atoms with Gasteiger partial charge in [-0.1, -0.05) is 13.8 Å². The number of amides is 1. The molecular formula is C12H23NO3. The van der Waals surface area contributed by atoms with Crippen LogP contribution in [0.4, 0.5) is 0 Å². The molecule has 0 saturated carbocycles. The lowest BCUT2D eigenvalue weighted by Crippen LogP contribution is -2.41. The minimum Gasteiger partial charge on any atom is -0.465 e. The summed E-state index contributed by atoms with van der Waals surface area (Å²) in [5.74, 6) is -0.0256. The first-order valence-electron chi connectivity index (χ1n) is 5.83. The summed E-state index contributed by atoms with van der Waals surface area (Å²) in [5.41, 5.74) is 0. The van der Waals surface area contributed by atoms with E-state index in [-0.39, 0.29) is 24.5 Å². The van der Waals surface area contributed by atoms with Gasteiger partial charge in [0.15, 0.2) is 0 Å². The largest absolute Gasteiger partial charge is 0.465 e. The summed E-state index contributed by atoms with van der Waals surface area (Å²) >= 11 is 0. The van der Waals surface area contributed by atoms with E-state index in [1.165, 1.54) is 0 Å². The summed E-state index contributed by atoms with van der Waals surface area (Å²) in [4.78, 5) is 24.8. The molecule has 0 aliphatic heterocycles. The van der Waals surface area contributed by atoms with Gasteiger partial charge in [-0.15, -0.1) is 0 Å². The number of rotatable bonds is 6. The van der Waals surface area contributed by atoms with Crippen LogP contribution in [-0.2, 0) is 14.3 Å². The van der Waals surface area contributed by atoms with Crippen molar-refractivity contribution in [3.63, 3.8) is 0 Å². The third kappa shape index (κ3) is 5.73. The third-order valence-electron chi connectivity index (χ3n) is 2.13. The Morgan fingerprint density at radius 2 is 1.75 bits per heavy atom. The van der Waals surface area contributed by atoms with Crippen molar-refractivity contribution in [2.24, 2.45) is 5.92 Å². The van der Waals surface area contributed by atoms with Gasteiger partial charge >= 0.3 is 5.97 Å². The fourth-order valence-corrected chi connectivity index (χ4v) is 1.37. The highest BCUT2D eigenvalue weighted by molar-refractivity contribution is 5.82. The summed E-state index contributed by atoms with van der Waals surface area (Å²) in [6.45, 7) is 9.93. The van der Waals surface area contributed by atoms with Crippen LogP contribution in [0.5, 0.6) is 0 Å². The lowest BCUT2D eigenvalue weighted by Gasteiger charge is -2.26. The Morgan fingerprint density at radius 3 is 2.12 bits per heavy atom. The topological polar surface area (TPSA) is 46.6 Å². The predicted molar refractivity (Wildman–Crippen MR) is 62.9 cm³/mol. The van der Waals surface area contributed by atoms with Gasteiger partial charge in [0.2, 0.25) is 5.91 Å². The van der Waals surface area contributed by atoms with Crippen molar-refractivity contribution >= 4 is 11.9 Å². The zero-order valence-corrected chi connectivity index (χ0v) is 10.9. The van der Waals surface area contributed by atoms with E-state index >= 15 is 0 Å². The van der Waals surface area contributed by atoms with Crippen LogP contribution in [0, 0.1) is 5.92 Å². The van der Waals surface area contributed by atoms with E-state index in [1.54, 1.807) is 11.8 Å². The molecule has 0 aromatic rings.